The fraction of sp³-hybridized carbons (Fsp3) is 0.619. The Labute approximate surface area is 156 Å². The minimum atomic E-state index is 0.0897. The van der Waals surface area contributed by atoms with Crippen molar-refractivity contribution < 1.29 is 9.59 Å². The third-order valence-electron chi connectivity index (χ3n) is 5.71. The maximum Gasteiger partial charge on any atom is 0.225 e. The van der Waals surface area contributed by atoms with Crippen LogP contribution in [0.5, 0.6) is 0 Å². The number of hydrogen-bond acceptors (Lipinski definition) is 3. The first-order valence-corrected chi connectivity index (χ1v) is 9.99. The maximum absolute atomic E-state index is 12.7. The van der Waals surface area contributed by atoms with Gasteiger partial charge in [-0.1, -0.05) is 36.8 Å². The molecule has 3 rings (SSSR count). The highest BCUT2D eigenvalue weighted by Crippen LogP contribution is 2.25. The van der Waals surface area contributed by atoms with Crippen LogP contribution >= 0.6 is 0 Å². The van der Waals surface area contributed by atoms with Gasteiger partial charge in [0.15, 0.2) is 0 Å². The molecule has 26 heavy (non-hydrogen) atoms. The molecule has 1 saturated carbocycles. The van der Waals surface area contributed by atoms with Gasteiger partial charge >= 0.3 is 0 Å². The van der Waals surface area contributed by atoms with Gasteiger partial charge in [0.25, 0.3) is 0 Å². The molecular formula is C21H31N3O2. The standard InChI is InChI=1S/C21H31N3O2/c22-19-10-5-9-18(16-19)21(26)24-14-12-23(13-15-24)20(25)11-4-8-17-6-2-1-3-7-17/h1-3,6-7,18-19H,4-5,8-16,22H2. The average molecular weight is 357 g/mol. The first-order chi connectivity index (χ1) is 12.6. The van der Waals surface area contributed by atoms with Crippen LogP contribution in [0, 0.1) is 5.92 Å². The quantitative estimate of drug-likeness (QED) is 0.878. The van der Waals surface area contributed by atoms with Crippen LogP contribution in [-0.2, 0) is 16.0 Å². The second-order valence-electron chi connectivity index (χ2n) is 7.67. The van der Waals surface area contributed by atoms with Gasteiger partial charge in [-0.3, -0.25) is 9.59 Å². The first kappa shape index (κ1) is 18.9. The van der Waals surface area contributed by atoms with Crippen molar-refractivity contribution in [1.82, 2.24) is 9.80 Å². The van der Waals surface area contributed by atoms with E-state index in [2.05, 4.69) is 12.1 Å². The molecule has 1 aromatic rings. The molecule has 1 saturated heterocycles. The van der Waals surface area contributed by atoms with Crippen LogP contribution in [0.2, 0.25) is 0 Å². The fourth-order valence-corrected chi connectivity index (χ4v) is 4.13. The van der Waals surface area contributed by atoms with Gasteiger partial charge in [-0.15, -0.1) is 0 Å². The molecule has 1 aromatic carbocycles. The monoisotopic (exact) mass is 357 g/mol. The number of piperazine rings is 1. The molecule has 0 aromatic heterocycles. The molecule has 1 heterocycles. The first-order valence-electron chi connectivity index (χ1n) is 9.99. The Morgan fingerprint density at radius 1 is 1.00 bits per heavy atom. The second-order valence-corrected chi connectivity index (χ2v) is 7.67. The van der Waals surface area contributed by atoms with Crippen LogP contribution in [0.3, 0.4) is 0 Å². The Hall–Kier alpha value is -1.88. The van der Waals surface area contributed by atoms with Crippen LogP contribution in [0.4, 0.5) is 0 Å². The normalized spacial score (nSPS) is 23.7. The number of nitrogens with zero attached hydrogens (tertiary/aromatic N) is 2. The minimum absolute atomic E-state index is 0.0897. The van der Waals surface area contributed by atoms with Crippen molar-refractivity contribution in [2.24, 2.45) is 11.7 Å². The van der Waals surface area contributed by atoms with Gasteiger partial charge in [0, 0.05) is 44.6 Å². The van der Waals surface area contributed by atoms with E-state index in [0.29, 0.717) is 32.6 Å². The van der Waals surface area contributed by atoms with Gasteiger partial charge < -0.3 is 15.5 Å². The van der Waals surface area contributed by atoms with E-state index in [-0.39, 0.29) is 23.8 Å². The minimum Gasteiger partial charge on any atom is -0.339 e. The van der Waals surface area contributed by atoms with E-state index in [4.69, 9.17) is 5.73 Å². The molecule has 2 fully saturated rings. The predicted molar refractivity (Wildman–Crippen MR) is 102 cm³/mol. The third-order valence-corrected chi connectivity index (χ3v) is 5.71. The number of carbonyl (C=O) groups is 2. The highest BCUT2D eigenvalue weighted by atomic mass is 16.2. The zero-order valence-electron chi connectivity index (χ0n) is 15.6. The summed E-state index contributed by atoms with van der Waals surface area (Å²) in [5.41, 5.74) is 7.30. The fourth-order valence-electron chi connectivity index (χ4n) is 4.13. The van der Waals surface area contributed by atoms with Gasteiger partial charge in [0.1, 0.15) is 0 Å². The number of benzene rings is 1. The lowest BCUT2D eigenvalue weighted by molar-refractivity contribution is -0.143. The third kappa shape index (κ3) is 5.07. The molecule has 0 spiro atoms. The van der Waals surface area contributed by atoms with Crippen molar-refractivity contribution in [2.75, 3.05) is 26.2 Å². The second kappa shape index (κ2) is 9.17. The topological polar surface area (TPSA) is 66.6 Å². The van der Waals surface area contributed by atoms with Gasteiger partial charge in [-0.2, -0.15) is 0 Å². The van der Waals surface area contributed by atoms with Gasteiger partial charge in [0.05, 0.1) is 0 Å². The number of nitrogens with two attached hydrogens (primary N) is 1. The highest BCUT2D eigenvalue weighted by Gasteiger charge is 2.31. The summed E-state index contributed by atoms with van der Waals surface area (Å²) in [6.45, 7) is 2.65. The van der Waals surface area contributed by atoms with Crippen molar-refractivity contribution in [1.29, 1.82) is 0 Å². The van der Waals surface area contributed by atoms with Crippen LogP contribution < -0.4 is 5.73 Å². The molecule has 2 amide bonds. The molecule has 5 nitrogen and oxygen atoms in total. The van der Waals surface area contributed by atoms with Gasteiger partial charge in [0.2, 0.25) is 11.8 Å². The van der Waals surface area contributed by atoms with E-state index in [9.17, 15) is 9.59 Å². The summed E-state index contributed by atoms with van der Waals surface area (Å²) < 4.78 is 0. The van der Waals surface area contributed by atoms with E-state index in [0.717, 1.165) is 38.5 Å². The van der Waals surface area contributed by atoms with Crippen LogP contribution in [-0.4, -0.2) is 53.8 Å². The SMILES string of the molecule is NC1CCCC(C(=O)N2CCN(C(=O)CCCc3ccccc3)CC2)C1. The molecule has 2 N–H and O–H groups in total. The number of hydrogen-bond donors (Lipinski definition) is 1. The zero-order valence-corrected chi connectivity index (χ0v) is 15.6. The molecule has 0 bridgehead atoms. The van der Waals surface area contributed by atoms with Crippen LogP contribution in [0.1, 0.15) is 44.1 Å². The molecule has 5 heteroatoms. The van der Waals surface area contributed by atoms with Crippen molar-refractivity contribution in [3.05, 3.63) is 35.9 Å². The largest absolute Gasteiger partial charge is 0.339 e. The zero-order chi connectivity index (χ0) is 18.4. The van der Waals surface area contributed by atoms with Crippen molar-refractivity contribution in [3.63, 3.8) is 0 Å². The number of amides is 2. The molecule has 2 unspecified atom stereocenters. The van der Waals surface area contributed by atoms with Crippen LogP contribution in [0.15, 0.2) is 30.3 Å². The molecule has 142 valence electrons. The summed E-state index contributed by atoms with van der Waals surface area (Å²) in [7, 11) is 0. The van der Waals surface area contributed by atoms with E-state index in [1.807, 2.05) is 28.0 Å². The Bertz CT molecular complexity index is 597. The Balaban J connectivity index is 1.38. The predicted octanol–water partition coefficient (Wildman–Crippen LogP) is 2.20. The van der Waals surface area contributed by atoms with E-state index in [1.54, 1.807) is 0 Å². The van der Waals surface area contributed by atoms with Crippen molar-refractivity contribution in [3.8, 4) is 0 Å². The Kier molecular flexibility index (Phi) is 6.67. The molecular weight excluding hydrogens is 326 g/mol. The molecule has 2 aliphatic rings. The summed E-state index contributed by atoms with van der Waals surface area (Å²) in [6.07, 6.45) is 6.27. The summed E-state index contributed by atoms with van der Waals surface area (Å²) in [5, 5.41) is 0. The summed E-state index contributed by atoms with van der Waals surface area (Å²) in [6, 6.07) is 10.5. The number of carbonyl (C=O) groups excluding carboxylic acids is 2. The van der Waals surface area contributed by atoms with Gasteiger partial charge in [-0.05, 0) is 37.7 Å². The lowest BCUT2D eigenvalue weighted by Gasteiger charge is -2.37. The van der Waals surface area contributed by atoms with Crippen molar-refractivity contribution >= 4 is 11.8 Å². The highest BCUT2D eigenvalue weighted by molar-refractivity contribution is 5.80. The lowest BCUT2D eigenvalue weighted by Crippen LogP contribution is -2.52. The summed E-state index contributed by atoms with van der Waals surface area (Å²) in [4.78, 5) is 28.9. The summed E-state index contributed by atoms with van der Waals surface area (Å²) >= 11 is 0. The number of rotatable bonds is 5. The smallest absolute Gasteiger partial charge is 0.225 e. The number of aryl methyl sites for hydroxylation is 1. The lowest BCUT2D eigenvalue weighted by atomic mass is 9.85. The Morgan fingerprint density at radius 3 is 2.38 bits per heavy atom. The average Bonchev–Trinajstić information content (AvgIpc) is 2.68. The molecule has 0 radical (unpaired) electrons. The molecule has 1 aliphatic heterocycles. The van der Waals surface area contributed by atoms with E-state index >= 15 is 0 Å². The Morgan fingerprint density at radius 2 is 1.69 bits per heavy atom. The maximum atomic E-state index is 12.7. The molecule has 2 atom stereocenters. The van der Waals surface area contributed by atoms with E-state index in [1.165, 1.54) is 5.56 Å². The van der Waals surface area contributed by atoms with Gasteiger partial charge in [-0.25, -0.2) is 0 Å². The van der Waals surface area contributed by atoms with Crippen LogP contribution in [0.25, 0.3) is 0 Å². The molecule has 1 aliphatic carbocycles. The summed E-state index contributed by atoms with van der Waals surface area (Å²) in [5.74, 6) is 0.552. The van der Waals surface area contributed by atoms with Crippen molar-refractivity contribution in [2.45, 2.75) is 51.0 Å². The van der Waals surface area contributed by atoms with E-state index < -0.39 is 0 Å².